The molecule has 1 aliphatic heterocycles. The van der Waals surface area contributed by atoms with Crippen LogP contribution in [0.4, 0.5) is 0 Å². The highest BCUT2D eigenvalue weighted by molar-refractivity contribution is 7.99. The van der Waals surface area contributed by atoms with Gasteiger partial charge in [0.25, 0.3) is 0 Å². The lowest BCUT2D eigenvalue weighted by Gasteiger charge is -2.47. The lowest BCUT2D eigenvalue weighted by atomic mass is 9.97. The number of ether oxygens (including phenoxy) is 1. The Morgan fingerprint density at radius 1 is 1.40 bits per heavy atom. The summed E-state index contributed by atoms with van der Waals surface area (Å²) in [7, 11) is 0. The molecule has 1 atom stereocenters. The van der Waals surface area contributed by atoms with E-state index in [2.05, 4.69) is 6.58 Å². The average molecular weight is 363 g/mol. The Morgan fingerprint density at radius 2 is 2.04 bits per heavy atom. The molecule has 0 aromatic heterocycles. The van der Waals surface area contributed by atoms with Crippen LogP contribution in [0.25, 0.3) is 0 Å². The van der Waals surface area contributed by atoms with Gasteiger partial charge in [0, 0.05) is 5.75 Å². The molecule has 1 N–H and O–H groups in total. The number of amides is 1. The topological polar surface area (TPSA) is 83.9 Å². The van der Waals surface area contributed by atoms with Crippen molar-refractivity contribution in [2.24, 2.45) is 0 Å². The summed E-state index contributed by atoms with van der Waals surface area (Å²) in [5.74, 6) is -0.955. The number of β-lactam (4-membered cyclic amide) rings is 1. The third-order valence-electron chi connectivity index (χ3n) is 4.00. The van der Waals surface area contributed by atoms with Crippen LogP contribution in [0.5, 0.6) is 0 Å². The molecule has 0 radical (unpaired) electrons. The molecule has 1 aliphatic rings. The standard InChI is InChI=1S/C18H21NO5S/c1-4-9-24-16(21)13-7-5-12(6-8-13)11-25-15-10-14(20)19(15)18(2,3)17(22)23/h4-8,15H,1,9-11H2,2-3H3,(H,22,23)/t15-/m1/s1. The number of aliphatic carboxylic acids is 1. The molecule has 0 unspecified atom stereocenters. The molecule has 0 aliphatic carbocycles. The third kappa shape index (κ3) is 4.22. The third-order valence-corrected chi connectivity index (χ3v) is 5.26. The number of carbonyl (C=O) groups is 3. The molecule has 0 bridgehead atoms. The zero-order chi connectivity index (χ0) is 18.6. The molecular weight excluding hydrogens is 342 g/mol. The van der Waals surface area contributed by atoms with Crippen LogP contribution in [0.15, 0.2) is 36.9 Å². The van der Waals surface area contributed by atoms with E-state index in [1.807, 2.05) is 12.1 Å². The highest BCUT2D eigenvalue weighted by Crippen LogP contribution is 2.37. The van der Waals surface area contributed by atoms with Crippen LogP contribution in [-0.2, 0) is 20.1 Å². The average Bonchev–Trinajstić information content (AvgIpc) is 2.56. The predicted octanol–water partition coefficient (Wildman–Crippen LogP) is 2.68. The van der Waals surface area contributed by atoms with Crippen LogP contribution in [0.2, 0.25) is 0 Å². The number of nitrogens with zero attached hydrogens (tertiary/aromatic N) is 1. The number of benzene rings is 1. The number of esters is 1. The number of carbonyl (C=O) groups excluding carboxylic acids is 2. The van der Waals surface area contributed by atoms with E-state index in [4.69, 9.17) is 4.74 Å². The summed E-state index contributed by atoms with van der Waals surface area (Å²) in [6.45, 7) is 6.72. The monoisotopic (exact) mass is 363 g/mol. The van der Waals surface area contributed by atoms with Gasteiger partial charge in [-0.3, -0.25) is 4.79 Å². The van der Waals surface area contributed by atoms with Gasteiger partial charge < -0.3 is 14.7 Å². The number of rotatable bonds is 8. The summed E-state index contributed by atoms with van der Waals surface area (Å²) in [6, 6.07) is 7.02. The molecule has 1 fully saturated rings. The number of carboxylic acids is 1. The van der Waals surface area contributed by atoms with Crippen molar-refractivity contribution < 1.29 is 24.2 Å². The van der Waals surface area contributed by atoms with Crippen LogP contribution >= 0.6 is 11.8 Å². The van der Waals surface area contributed by atoms with E-state index in [9.17, 15) is 19.5 Å². The van der Waals surface area contributed by atoms with Crippen molar-refractivity contribution in [2.45, 2.75) is 36.9 Å². The Morgan fingerprint density at radius 3 is 2.56 bits per heavy atom. The zero-order valence-electron chi connectivity index (χ0n) is 14.2. The fraction of sp³-hybridized carbons (Fsp3) is 0.389. The maximum absolute atomic E-state index is 11.8. The lowest BCUT2D eigenvalue weighted by molar-refractivity contribution is -0.165. The van der Waals surface area contributed by atoms with Crippen molar-refractivity contribution in [1.82, 2.24) is 4.90 Å². The Labute approximate surface area is 150 Å². The molecule has 2 rings (SSSR count). The fourth-order valence-corrected chi connectivity index (χ4v) is 3.81. The first-order valence-electron chi connectivity index (χ1n) is 7.81. The molecule has 134 valence electrons. The molecule has 6 nitrogen and oxygen atoms in total. The SMILES string of the molecule is C=CCOC(=O)c1ccc(CS[C@@H]2CC(=O)N2C(C)(C)C(=O)O)cc1. The van der Waals surface area contributed by atoms with Gasteiger partial charge in [0.2, 0.25) is 5.91 Å². The van der Waals surface area contributed by atoms with Crippen LogP contribution in [-0.4, -0.2) is 45.4 Å². The van der Waals surface area contributed by atoms with Gasteiger partial charge in [0.05, 0.1) is 17.4 Å². The van der Waals surface area contributed by atoms with Gasteiger partial charge in [0.1, 0.15) is 12.1 Å². The van der Waals surface area contributed by atoms with Gasteiger partial charge in [-0.05, 0) is 31.5 Å². The van der Waals surface area contributed by atoms with Crippen LogP contribution in [0, 0.1) is 0 Å². The summed E-state index contributed by atoms with van der Waals surface area (Å²) in [6.07, 6.45) is 1.85. The Hall–Kier alpha value is -2.28. The summed E-state index contributed by atoms with van der Waals surface area (Å²) in [5, 5.41) is 9.13. The highest BCUT2D eigenvalue weighted by atomic mass is 32.2. The first-order chi connectivity index (χ1) is 11.8. The van der Waals surface area contributed by atoms with E-state index in [1.165, 1.54) is 36.6 Å². The predicted molar refractivity (Wildman–Crippen MR) is 95.2 cm³/mol. The van der Waals surface area contributed by atoms with E-state index >= 15 is 0 Å². The quantitative estimate of drug-likeness (QED) is 0.434. The van der Waals surface area contributed by atoms with E-state index in [-0.39, 0.29) is 17.9 Å². The first kappa shape index (κ1) is 19.1. The van der Waals surface area contributed by atoms with Gasteiger partial charge in [0.15, 0.2) is 0 Å². The molecule has 1 amide bonds. The first-order valence-corrected chi connectivity index (χ1v) is 8.86. The van der Waals surface area contributed by atoms with Gasteiger partial charge in [-0.15, -0.1) is 11.8 Å². The van der Waals surface area contributed by atoms with E-state index < -0.39 is 17.5 Å². The maximum Gasteiger partial charge on any atom is 0.338 e. The fourth-order valence-electron chi connectivity index (χ4n) is 2.44. The van der Waals surface area contributed by atoms with Crippen molar-refractivity contribution in [1.29, 1.82) is 0 Å². The van der Waals surface area contributed by atoms with Crippen molar-refractivity contribution in [3.63, 3.8) is 0 Å². The minimum Gasteiger partial charge on any atom is -0.480 e. The Balaban J connectivity index is 1.93. The molecule has 1 aromatic carbocycles. The summed E-state index contributed by atoms with van der Waals surface area (Å²) < 4.78 is 4.97. The smallest absolute Gasteiger partial charge is 0.338 e. The molecule has 7 heteroatoms. The molecule has 1 aromatic rings. The van der Waals surface area contributed by atoms with Gasteiger partial charge in [-0.1, -0.05) is 24.8 Å². The van der Waals surface area contributed by atoms with Gasteiger partial charge >= 0.3 is 11.9 Å². The second kappa shape index (κ2) is 7.74. The number of likely N-dealkylation sites (tertiary alicyclic amines) is 1. The highest BCUT2D eigenvalue weighted by Gasteiger charge is 2.49. The summed E-state index contributed by atoms with van der Waals surface area (Å²) >= 11 is 1.51. The van der Waals surface area contributed by atoms with Crippen molar-refractivity contribution >= 4 is 29.6 Å². The molecule has 1 saturated heterocycles. The van der Waals surface area contributed by atoms with Crippen LogP contribution < -0.4 is 0 Å². The maximum atomic E-state index is 11.8. The molecular formula is C18H21NO5S. The lowest BCUT2D eigenvalue weighted by Crippen LogP contribution is -2.63. The molecule has 1 heterocycles. The van der Waals surface area contributed by atoms with Crippen molar-refractivity contribution in [3.8, 4) is 0 Å². The van der Waals surface area contributed by atoms with Gasteiger partial charge in [-0.2, -0.15) is 0 Å². The second-order valence-corrected chi connectivity index (χ2v) is 7.35. The Kier molecular flexibility index (Phi) is 5.89. The van der Waals surface area contributed by atoms with Gasteiger partial charge in [-0.25, -0.2) is 9.59 Å². The molecule has 0 spiro atoms. The number of hydrogen-bond acceptors (Lipinski definition) is 5. The molecule has 0 saturated carbocycles. The Bertz CT molecular complexity index is 683. The minimum absolute atomic E-state index is 0.148. The van der Waals surface area contributed by atoms with E-state index in [1.54, 1.807) is 12.1 Å². The zero-order valence-corrected chi connectivity index (χ0v) is 15.0. The summed E-state index contributed by atoms with van der Waals surface area (Å²) in [4.78, 5) is 36.3. The summed E-state index contributed by atoms with van der Waals surface area (Å²) in [5.41, 5.74) is 0.229. The van der Waals surface area contributed by atoms with Crippen molar-refractivity contribution in [2.75, 3.05) is 6.61 Å². The van der Waals surface area contributed by atoms with Crippen LogP contribution in [0.3, 0.4) is 0 Å². The largest absolute Gasteiger partial charge is 0.480 e. The van der Waals surface area contributed by atoms with E-state index in [0.29, 0.717) is 17.7 Å². The van der Waals surface area contributed by atoms with Crippen LogP contribution in [0.1, 0.15) is 36.2 Å². The normalized spacial score (nSPS) is 17.0. The van der Waals surface area contributed by atoms with Crippen molar-refractivity contribution in [3.05, 3.63) is 48.0 Å². The number of hydrogen-bond donors (Lipinski definition) is 1. The second-order valence-electron chi connectivity index (χ2n) is 6.18. The number of carboxylic acid groups (broad SMARTS) is 1. The van der Waals surface area contributed by atoms with E-state index in [0.717, 1.165) is 5.56 Å². The molecule has 25 heavy (non-hydrogen) atoms. The minimum atomic E-state index is -1.22. The number of thioether (sulfide) groups is 1.